The molecule has 0 aliphatic heterocycles. The van der Waals surface area contributed by atoms with E-state index in [2.05, 4.69) is 152 Å². The van der Waals surface area contributed by atoms with Crippen molar-refractivity contribution < 1.29 is 0 Å². The van der Waals surface area contributed by atoms with Crippen LogP contribution in [-0.4, -0.2) is 0 Å². The van der Waals surface area contributed by atoms with Gasteiger partial charge in [0.05, 0.1) is 0 Å². The Morgan fingerprint density at radius 3 is 0.725 bits per heavy atom. The summed E-state index contributed by atoms with van der Waals surface area (Å²) in [6.45, 7) is 18.3. The second kappa shape index (κ2) is 11.8. The van der Waals surface area contributed by atoms with Crippen LogP contribution in [-0.2, 0) is 0 Å². The Kier molecular flexibility index (Phi) is 8.42. The molecule has 0 N–H and O–H groups in total. The molecule has 2 heteroatoms. The van der Waals surface area contributed by atoms with Gasteiger partial charge in [0, 0.05) is 0 Å². The molecular weight excluding hydrogens is 518 g/mol. The van der Waals surface area contributed by atoms with Gasteiger partial charge in [0.25, 0.3) is 0 Å². The standard InChI is InChI=1S/C38H40P2/c1-25-14-9-15-26(2)35(25)39(36-27(3)16-10-17-28(36)4)33-22-13-23-34(24-33)40(37-29(5)18-11-19-30(37)6)38-31(7)20-12-21-32(38)8/h9-24H,1-8H3. The van der Waals surface area contributed by atoms with E-state index in [1.807, 2.05) is 0 Å². The van der Waals surface area contributed by atoms with Gasteiger partial charge in [0.2, 0.25) is 0 Å². The molecule has 5 aromatic rings. The molecule has 202 valence electrons. The second-order valence-electron chi connectivity index (χ2n) is 11.2. The molecule has 0 aromatic heterocycles. The fourth-order valence-electron chi connectivity index (χ4n) is 6.14. The summed E-state index contributed by atoms with van der Waals surface area (Å²) in [4.78, 5) is 0. The molecule has 0 aliphatic carbocycles. The fraction of sp³-hybridized carbons (Fsp3) is 0.211. The minimum atomic E-state index is -0.728. The topological polar surface area (TPSA) is 0 Å². The van der Waals surface area contributed by atoms with Gasteiger partial charge in [-0.05, 0) is 154 Å². The Hall–Kier alpha value is -3.04. The lowest BCUT2D eigenvalue weighted by Crippen LogP contribution is -2.31. The summed E-state index contributed by atoms with van der Waals surface area (Å²) in [5.74, 6) is 0. The minimum absolute atomic E-state index is 0.728. The molecule has 40 heavy (non-hydrogen) atoms. The van der Waals surface area contributed by atoms with Gasteiger partial charge >= 0.3 is 0 Å². The SMILES string of the molecule is Cc1cccc(C)c1P(c1cccc(P(c2c(C)cccc2C)c2c(C)cccc2C)c1)c1c(C)cccc1C. The largest absolute Gasteiger partial charge is 0.0617 e. The molecule has 0 radical (unpaired) electrons. The van der Waals surface area contributed by atoms with Crippen molar-refractivity contribution in [1.29, 1.82) is 0 Å². The molecule has 0 saturated heterocycles. The van der Waals surface area contributed by atoms with E-state index in [0.29, 0.717) is 0 Å². The first-order valence-electron chi connectivity index (χ1n) is 14.1. The Balaban J connectivity index is 1.82. The van der Waals surface area contributed by atoms with Gasteiger partial charge in [-0.15, -0.1) is 0 Å². The van der Waals surface area contributed by atoms with E-state index in [9.17, 15) is 0 Å². The molecule has 0 aliphatic rings. The van der Waals surface area contributed by atoms with Gasteiger partial charge in [-0.1, -0.05) is 91.0 Å². The molecule has 5 aromatic carbocycles. The predicted octanol–water partition coefficient (Wildman–Crippen LogP) is 7.67. The summed E-state index contributed by atoms with van der Waals surface area (Å²) in [6.07, 6.45) is 0. The first-order chi connectivity index (χ1) is 19.2. The van der Waals surface area contributed by atoms with Crippen LogP contribution in [0.4, 0.5) is 0 Å². The number of benzene rings is 5. The summed E-state index contributed by atoms with van der Waals surface area (Å²) >= 11 is 0. The third kappa shape index (κ3) is 5.33. The first kappa shape index (κ1) is 28.5. The molecule has 0 heterocycles. The van der Waals surface area contributed by atoms with Gasteiger partial charge in [-0.25, -0.2) is 0 Å². The molecule has 0 amide bonds. The average Bonchev–Trinajstić information content (AvgIpc) is 2.90. The zero-order chi connectivity index (χ0) is 28.6. The highest BCUT2D eigenvalue weighted by Gasteiger charge is 2.27. The van der Waals surface area contributed by atoms with Gasteiger partial charge < -0.3 is 0 Å². The van der Waals surface area contributed by atoms with Crippen LogP contribution in [0.1, 0.15) is 44.5 Å². The second-order valence-corrected chi connectivity index (χ2v) is 15.3. The highest BCUT2D eigenvalue weighted by Crippen LogP contribution is 2.41. The fourth-order valence-corrected chi connectivity index (χ4v) is 12.2. The van der Waals surface area contributed by atoms with E-state index < -0.39 is 15.8 Å². The lowest BCUT2D eigenvalue weighted by atomic mass is 10.1. The average molecular weight is 559 g/mol. The quantitative estimate of drug-likeness (QED) is 0.188. The highest BCUT2D eigenvalue weighted by molar-refractivity contribution is 7.81. The Morgan fingerprint density at radius 1 is 0.300 bits per heavy atom. The highest BCUT2D eigenvalue weighted by atomic mass is 31.1. The Bertz CT molecular complexity index is 1390. The number of rotatable bonds is 6. The molecule has 0 bridgehead atoms. The first-order valence-corrected chi connectivity index (χ1v) is 16.8. The van der Waals surface area contributed by atoms with E-state index in [1.165, 1.54) is 76.3 Å². The molecule has 5 rings (SSSR count). The van der Waals surface area contributed by atoms with Crippen LogP contribution in [0.15, 0.2) is 97.1 Å². The lowest BCUT2D eigenvalue weighted by Gasteiger charge is -2.29. The van der Waals surface area contributed by atoms with Crippen LogP contribution in [0.2, 0.25) is 0 Å². The molecule has 0 spiro atoms. The third-order valence-corrected chi connectivity index (χ3v) is 14.2. The van der Waals surface area contributed by atoms with Crippen molar-refractivity contribution in [1.82, 2.24) is 0 Å². The maximum atomic E-state index is 2.56. The predicted molar refractivity (Wildman–Crippen MR) is 182 cm³/mol. The third-order valence-electron chi connectivity index (χ3n) is 8.00. The molecule has 0 saturated carbocycles. The summed E-state index contributed by atoms with van der Waals surface area (Å²) in [5.41, 5.74) is 11.0. The van der Waals surface area contributed by atoms with Crippen LogP contribution in [0.5, 0.6) is 0 Å². The number of hydrogen-bond donors (Lipinski definition) is 0. The van der Waals surface area contributed by atoms with Crippen LogP contribution < -0.4 is 31.8 Å². The summed E-state index contributed by atoms with van der Waals surface area (Å²) in [7, 11) is -1.46. The smallest absolute Gasteiger partial charge is 0.00925 e. The van der Waals surface area contributed by atoms with Crippen LogP contribution in [0.25, 0.3) is 0 Å². The normalized spacial score (nSPS) is 11.4. The zero-order valence-corrected chi connectivity index (χ0v) is 26.9. The van der Waals surface area contributed by atoms with Crippen molar-refractivity contribution in [3.63, 3.8) is 0 Å². The summed E-state index contributed by atoms with van der Waals surface area (Å²) in [6, 6.07) is 36.7. The van der Waals surface area contributed by atoms with E-state index in [1.54, 1.807) is 0 Å². The van der Waals surface area contributed by atoms with E-state index in [-0.39, 0.29) is 0 Å². The van der Waals surface area contributed by atoms with Gasteiger partial charge in [-0.2, -0.15) is 0 Å². The monoisotopic (exact) mass is 558 g/mol. The van der Waals surface area contributed by atoms with Crippen molar-refractivity contribution in [2.24, 2.45) is 0 Å². The van der Waals surface area contributed by atoms with Gasteiger partial charge in [-0.3, -0.25) is 0 Å². The Labute approximate surface area is 244 Å². The molecular formula is C38H40P2. The number of hydrogen-bond acceptors (Lipinski definition) is 0. The molecule has 0 unspecified atom stereocenters. The molecule has 0 atom stereocenters. The van der Waals surface area contributed by atoms with Crippen molar-refractivity contribution in [3.05, 3.63) is 142 Å². The minimum Gasteiger partial charge on any atom is -0.0617 e. The summed E-state index contributed by atoms with van der Waals surface area (Å²) in [5, 5.41) is 8.86. The Morgan fingerprint density at radius 2 is 0.500 bits per heavy atom. The van der Waals surface area contributed by atoms with Crippen molar-refractivity contribution in [3.8, 4) is 0 Å². The van der Waals surface area contributed by atoms with Crippen LogP contribution >= 0.6 is 15.8 Å². The van der Waals surface area contributed by atoms with Crippen molar-refractivity contribution in [2.75, 3.05) is 0 Å². The zero-order valence-electron chi connectivity index (χ0n) is 25.1. The maximum absolute atomic E-state index is 2.56. The van der Waals surface area contributed by atoms with E-state index in [4.69, 9.17) is 0 Å². The van der Waals surface area contributed by atoms with Gasteiger partial charge in [0.1, 0.15) is 0 Å². The lowest BCUT2D eigenvalue weighted by molar-refractivity contribution is 1.42. The van der Waals surface area contributed by atoms with Crippen LogP contribution in [0.3, 0.4) is 0 Å². The van der Waals surface area contributed by atoms with Crippen molar-refractivity contribution in [2.45, 2.75) is 55.4 Å². The van der Waals surface area contributed by atoms with Crippen molar-refractivity contribution >= 4 is 47.7 Å². The summed E-state index contributed by atoms with van der Waals surface area (Å²) < 4.78 is 0. The number of aryl methyl sites for hydroxylation is 8. The van der Waals surface area contributed by atoms with Crippen LogP contribution in [0, 0.1) is 55.4 Å². The molecule has 0 nitrogen and oxygen atoms in total. The van der Waals surface area contributed by atoms with E-state index in [0.717, 1.165) is 0 Å². The van der Waals surface area contributed by atoms with Gasteiger partial charge in [0.15, 0.2) is 0 Å². The molecule has 0 fully saturated rings. The van der Waals surface area contributed by atoms with E-state index >= 15 is 0 Å². The maximum Gasteiger partial charge on any atom is -0.00925 e.